The van der Waals surface area contributed by atoms with E-state index >= 15 is 0 Å². The van der Waals surface area contributed by atoms with E-state index in [9.17, 15) is 19.5 Å². The Morgan fingerprint density at radius 3 is 2.33 bits per heavy atom. The number of allylic oxidation sites excluding steroid dienone is 3. The van der Waals surface area contributed by atoms with Crippen molar-refractivity contribution in [2.75, 3.05) is 6.61 Å². The Kier molecular flexibility index (Phi) is 14.8. The fourth-order valence-corrected chi connectivity index (χ4v) is 8.88. The first kappa shape index (κ1) is 44.8. The summed E-state index contributed by atoms with van der Waals surface area (Å²) in [5.74, 6) is -3.40. The molecule has 1 fully saturated rings. The summed E-state index contributed by atoms with van der Waals surface area (Å²) in [6, 6.07) is 0. The smallest absolute Gasteiger partial charge is 0.664 e. The molecule has 9 nitrogen and oxygen atoms in total. The number of carboxylic acid groups (broad SMARTS) is 1. The zero-order chi connectivity index (χ0) is 41.1. The molecule has 6 rings (SSSR count). The number of esters is 1. The monoisotopic (exact) mass is 794 g/mol. The average Bonchev–Trinajstić information content (AvgIpc) is 3.91. The molecule has 0 spiro atoms. The second-order valence-corrected chi connectivity index (χ2v) is 16.4. The van der Waals surface area contributed by atoms with Crippen molar-refractivity contribution in [2.24, 2.45) is 23.7 Å². The first-order chi connectivity index (χ1) is 27.3. The molecule has 0 radical (unpaired) electrons. The molecular formula is C48H58MgN4O5-2. The number of unbranched alkanes of at least 4 members (excludes halogenated alkanes) is 2. The second kappa shape index (κ2) is 19.2. The van der Waals surface area contributed by atoms with Gasteiger partial charge in [-0.25, -0.2) is 0 Å². The van der Waals surface area contributed by atoms with Crippen LogP contribution in [0.5, 0.6) is 0 Å². The van der Waals surface area contributed by atoms with E-state index in [1.54, 1.807) is 0 Å². The summed E-state index contributed by atoms with van der Waals surface area (Å²) < 4.78 is 5.69. The zero-order valence-corrected chi connectivity index (χ0v) is 37.2. The minimum atomic E-state index is -1.45. The third-order valence-electron chi connectivity index (χ3n) is 12.5. The Morgan fingerprint density at radius 2 is 1.64 bits per heavy atom. The van der Waals surface area contributed by atoms with Crippen LogP contribution in [0.1, 0.15) is 153 Å². The van der Waals surface area contributed by atoms with Crippen molar-refractivity contribution >= 4 is 70.7 Å². The molecule has 58 heavy (non-hydrogen) atoms. The number of ether oxygens (including phenoxy) is 1. The molecule has 8 bridgehead atoms. The van der Waals surface area contributed by atoms with Gasteiger partial charge in [-0.15, -0.1) is 33.5 Å². The molecule has 4 atom stereocenters. The number of carbonyl (C=O) groups is 3. The molecular weight excluding hydrogens is 737 g/mol. The molecule has 5 heterocycles. The van der Waals surface area contributed by atoms with Gasteiger partial charge in [0.2, 0.25) is 0 Å². The minimum Gasteiger partial charge on any atom is -0.664 e. The first-order valence-corrected chi connectivity index (χ1v) is 20.9. The van der Waals surface area contributed by atoms with Crippen LogP contribution in [0.2, 0.25) is 0 Å². The normalized spacial score (nSPS) is 22.2. The molecule has 304 valence electrons. The van der Waals surface area contributed by atoms with E-state index in [4.69, 9.17) is 25.0 Å². The van der Waals surface area contributed by atoms with E-state index in [1.165, 1.54) is 37.7 Å². The predicted octanol–water partition coefficient (Wildman–Crippen LogP) is 8.22. The van der Waals surface area contributed by atoms with Crippen LogP contribution in [0.25, 0.3) is 35.2 Å². The summed E-state index contributed by atoms with van der Waals surface area (Å²) in [6.07, 6.45) is 19.3. The maximum atomic E-state index is 14.1. The Bertz CT molecular complexity index is 2300. The summed E-state index contributed by atoms with van der Waals surface area (Å²) in [4.78, 5) is 55.3. The number of hydrogen-bond donors (Lipinski definition) is 1. The van der Waals surface area contributed by atoms with Crippen LogP contribution < -0.4 is 25.7 Å². The van der Waals surface area contributed by atoms with E-state index in [0.29, 0.717) is 45.9 Å². The van der Waals surface area contributed by atoms with E-state index in [1.807, 2.05) is 51.2 Å². The predicted molar refractivity (Wildman–Crippen MR) is 233 cm³/mol. The van der Waals surface area contributed by atoms with Gasteiger partial charge in [0.25, 0.3) is 0 Å². The number of Topliss-reactive ketones (excluding diaryl/α,β-unsaturated/α-hetero) is 1. The van der Waals surface area contributed by atoms with Gasteiger partial charge in [0.1, 0.15) is 12.5 Å². The van der Waals surface area contributed by atoms with Gasteiger partial charge in [0, 0.05) is 12.0 Å². The van der Waals surface area contributed by atoms with Crippen LogP contribution >= 0.6 is 0 Å². The quantitative estimate of drug-likeness (QED) is 0.0504. The van der Waals surface area contributed by atoms with Gasteiger partial charge in [-0.05, 0) is 82.8 Å². The topological polar surface area (TPSA) is 137 Å². The van der Waals surface area contributed by atoms with Crippen molar-refractivity contribution in [2.45, 2.75) is 120 Å². The van der Waals surface area contributed by atoms with Crippen LogP contribution in [0.3, 0.4) is 0 Å². The number of ketones is 1. The van der Waals surface area contributed by atoms with Gasteiger partial charge in [0.15, 0.2) is 5.78 Å². The van der Waals surface area contributed by atoms with Crippen molar-refractivity contribution in [1.29, 1.82) is 0 Å². The third-order valence-corrected chi connectivity index (χ3v) is 12.5. The summed E-state index contributed by atoms with van der Waals surface area (Å²) in [7, 11) is 0. The molecule has 0 aromatic carbocycles. The summed E-state index contributed by atoms with van der Waals surface area (Å²) >= 11 is 0. The Balaban J connectivity index is 0.00000641. The zero-order valence-electron chi connectivity index (χ0n) is 35.8. The molecule has 0 amide bonds. The minimum absolute atomic E-state index is 0. The van der Waals surface area contributed by atoms with Crippen LogP contribution in [0, 0.1) is 44.4 Å². The van der Waals surface area contributed by atoms with Crippen LogP contribution in [-0.2, 0) is 20.7 Å². The molecule has 0 unspecified atom stereocenters. The summed E-state index contributed by atoms with van der Waals surface area (Å²) in [5.41, 5.74) is 9.98. The molecule has 1 saturated heterocycles. The van der Waals surface area contributed by atoms with Crippen molar-refractivity contribution < 1.29 is 24.2 Å². The molecule has 2 aliphatic heterocycles. The van der Waals surface area contributed by atoms with Gasteiger partial charge < -0.3 is 30.1 Å². The van der Waals surface area contributed by atoms with Gasteiger partial charge in [-0.2, -0.15) is 11.4 Å². The maximum Gasteiger partial charge on any atom is 2.00 e. The van der Waals surface area contributed by atoms with E-state index in [0.717, 1.165) is 69.5 Å². The van der Waals surface area contributed by atoms with Crippen molar-refractivity contribution in [1.82, 2.24) is 15.0 Å². The van der Waals surface area contributed by atoms with Crippen LogP contribution in [0.4, 0.5) is 0 Å². The molecule has 10 heteroatoms. The van der Waals surface area contributed by atoms with Gasteiger partial charge >= 0.3 is 35.0 Å². The number of rotatable bonds is 16. The molecule has 3 aliphatic rings. The Morgan fingerprint density at radius 1 is 0.931 bits per heavy atom. The number of aliphatic carboxylic acids is 1. The van der Waals surface area contributed by atoms with Crippen molar-refractivity contribution in [3.63, 3.8) is 0 Å². The standard InChI is InChI=1S/C48H60N4O5.Mg/c1-10-13-14-16-26(4)17-15-18-27(5)21-22-57-41(53)20-19-34-30(8)37-23-35-28(6)32(11-2)39(49-35)24-36-29(7)33(12-3)40(50-36)25-38-31(9)42-46(52-38)43(45(34)51-37)44(47(42)54)48(55)56;/h11,21,23-26,30,34,44H,2,10,12-20,22H2,1,3-9H3,(H3,51,52,54,55,56);/q-2;+2/p-2/b27-21+,36-24-,37-23-,40-25-;/t26-,30+,34+,44-;/m1./s1. The SMILES string of the molecule is C=Cc1c2[n-]c(c1C)/C=C1\[N-]/C(=C3\c4[n-]c(c(C)c4C(=O)[C@@H]3C(=O)O)/C=c3\[n-]/c(c(C)c3CC)=C\2)[C@@H](CCC(=O)OC/C=C(\C)CCC[C@H](C)CCCCC)[C@@H]1C.[Mg+2]. The number of nitrogens with zero attached hydrogens (tertiary/aromatic N) is 4. The van der Waals surface area contributed by atoms with Gasteiger partial charge in [-0.3, -0.25) is 14.4 Å². The third kappa shape index (κ3) is 8.98. The second-order valence-electron chi connectivity index (χ2n) is 16.4. The molecule has 1 aliphatic carbocycles. The molecule has 0 saturated carbocycles. The van der Waals surface area contributed by atoms with Crippen molar-refractivity contribution in [3.05, 3.63) is 102 Å². The Hall–Kier alpha value is -4.28. The van der Waals surface area contributed by atoms with Crippen LogP contribution in [0.15, 0.2) is 29.6 Å². The van der Waals surface area contributed by atoms with Gasteiger partial charge in [0.05, 0.1) is 0 Å². The van der Waals surface area contributed by atoms with E-state index < -0.39 is 17.7 Å². The van der Waals surface area contributed by atoms with E-state index in [2.05, 4.69) is 41.2 Å². The Labute approximate surface area is 359 Å². The number of fused-ring (bicyclic) bond motifs is 7. The van der Waals surface area contributed by atoms with Crippen molar-refractivity contribution in [3.8, 4) is 0 Å². The summed E-state index contributed by atoms with van der Waals surface area (Å²) in [6.45, 7) is 20.9. The average molecular weight is 795 g/mol. The van der Waals surface area contributed by atoms with Gasteiger partial charge in [-0.1, -0.05) is 124 Å². The number of hydrogen-bond acceptors (Lipinski definition) is 4. The fraction of sp³-hybridized carbons (Fsp3) is 0.479. The maximum absolute atomic E-state index is 14.1. The molecule has 1 N–H and O–H groups in total. The molecule has 3 aromatic rings. The van der Waals surface area contributed by atoms with Crippen LogP contribution in [-0.4, -0.2) is 52.5 Å². The fourth-order valence-electron chi connectivity index (χ4n) is 8.88. The first-order valence-electron chi connectivity index (χ1n) is 20.9. The number of carboxylic acids is 1. The summed E-state index contributed by atoms with van der Waals surface area (Å²) in [5, 5.41) is 17.2. The number of aromatic nitrogens is 3. The number of carbonyl (C=O) groups excluding carboxylic acids is 2. The van der Waals surface area contributed by atoms with E-state index in [-0.39, 0.29) is 53.9 Å². The largest absolute Gasteiger partial charge is 2.00 e. The molecule has 3 aromatic heterocycles.